The fraction of sp³-hybridized carbons (Fsp3) is 0.381. The first-order chi connectivity index (χ1) is 12.4. The van der Waals surface area contributed by atoms with Crippen LogP contribution in [0, 0.1) is 5.82 Å². The van der Waals surface area contributed by atoms with E-state index in [-0.39, 0.29) is 36.7 Å². The van der Waals surface area contributed by atoms with Crippen molar-refractivity contribution in [3.8, 4) is 5.75 Å². The van der Waals surface area contributed by atoms with Gasteiger partial charge >= 0.3 is 0 Å². The van der Waals surface area contributed by atoms with E-state index in [1.807, 2.05) is 19.9 Å². The normalized spacial score (nSPS) is 13.3. The summed E-state index contributed by atoms with van der Waals surface area (Å²) in [6.45, 7) is 5.76. The van der Waals surface area contributed by atoms with Gasteiger partial charge < -0.3 is 15.2 Å². The second kappa shape index (κ2) is 9.34. The molecule has 0 spiro atoms. The molecule has 2 unspecified atom stereocenters. The molecule has 0 fully saturated rings. The van der Waals surface area contributed by atoms with Crippen molar-refractivity contribution in [2.24, 2.45) is 0 Å². The third kappa shape index (κ3) is 5.85. The molecule has 0 radical (unpaired) electrons. The molecule has 4 nitrogen and oxygen atoms in total. The van der Waals surface area contributed by atoms with E-state index >= 15 is 0 Å². The monoisotopic (exact) mass is 359 g/mol. The van der Waals surface area contributed by atoms with Gasteiger partial charge in [0.2, 0.25) is 5.91 Å². The molecule has 140 valence electrons. The zero-order valence-corrected chi connectivity index (χ0v) is 15.4. The highest BCUT2D eigenvalue weighted by Crippen LogP contribution is 2.22. The van der Waals surface area contributed by atoms with Crippen molar-refractivity contribution in [2.45, 2.75) is 45.3 Å². The van der Waals surface area contributed by atoms with E-state index in [9.17, 15) is 14.3 Å². The maximum atomic E-state index is 13.8. The lowest BCUT2D eigenvalue weighted by atomic mass is 9.97. The van der Waals surface area contributed by atoms with Gasteiger partial charge in [-0.1, -0.05) is 37.3 Å². The molecule has 2 atom stereocenters. The molecule has 26 heavy (non-hydrogen) atoms. The molecule has 0 aromatic heterocycles. The molecular formula is C21H26FNO3. The summed E-state index contributed by atoms with van der Waals surface area (Å²) in [6, 6.07) is 13.6. The van der Waals surface area contributed by atoms with Crippen LogP contribution in [0.2, 0.25) is 0 Å². The Kier molecular flexibility index (Phi) is 7.16. The number of benzene rings is 2. The molecular weight excluding hydrogens is 333 g/mol. The van der Waals surface area contributed by atoms with Gasteiger partial charge in [0.1, 0.15) is 11.6 Å². The molecule has 5 heteroatoms. The molecule has 2 rings (SSSR count). The minimum absolute atomic E-state index is 0.0435. The number of ether oxygens (including phenoxy) is 1. The predicted molar refractivity (Wildman–Crippen MR) is 99.6 cm³/mol. The molecule has 2 aromatic carbocycles. The third-order valence-corrected chi connectivity index (χ3v) is 4.03. The number of aliphatic hydroxyl groups is 1. The summed E-state index contributed by atoms with van der Waals surface area (Å²) in [5, 5.41) is 13.0. The molecule has 0 bridgehead atoms. The van der Waals surface area contributed by atoms with Gasteiger partial charge in [0.15, 0.2) is 0 Å². The van der Waals surface area contributed by atoms with E-state index in [0.717, 1.165) is 0 Å². The van der Waals surface area contributed by atoms with Crippen molar-refractivity contribution in [3.63, 3.8) is 0 Å². The molecule has 0 aliphatic carbocycles. The Labute approximate surface area is 154 Å². The van der Waals surface area contributed by atoms with E-state index in [1.165, 1.54) is 6.07 Å². The number of hydrogen-bond acceptors (Lipinski definition) is 3. The Hall–Kier alpha value is -2.40. The van der Waals surface area contributed by atoms with Crippen molar-refractivity contribution in [2.75, 3.05) is 6.54 Å². The van der Waals surface area contributed by atoms with Crippen molar-refractivity contribution in [1.29, 1.82) is 0 Å². The topological polar surface area (TPSA) is 58.6 Å². The first kappa shape index (κ1) is 19.9. The Balaban J connectivity index is 1.88. The maximum absolute atomic E-state index is 13.8. The molecule has 0 saturated heterocycles. The molecule has 0 heterocycles. The number of aliphatic hydroxyl groups excluding tert-OH is 1. The average Bonchev–Trinajstić information content (AvgIpc) is 2.59. The number of carbonyl (C=O) groups is 1. The van der Waals surface area contributed by atoms with Crippen LogP contribution in [0.3, 0.4) is 0 Å². The first-order valence-corrected chi connectivity index (χ1v) is 8.82. The van der Waals surface area contributed by atoms with Gasteiger partial charge in [-0.25, -0.2) is 4.39 Å². The third-order valence-electron chi connectivity index (χ3n) is 4.03. The van der Waals surface area contributed by atoms with Crippen LogP contribution in [0.25, 0.3) is 0 Å². The number of halogens is 1. The number of nitrogens with one attached hydrogen (secondary N) is 1. The lowest BCUT2D eigenvalue weighted by Crippen LogP contribution is -2.29. The van der Waals surface area contributed by atoms with Crippen molar-refractivity contribution in [3.05, 3.63) is 65.5 Å². The van der Waals surface area contributed by atoms with Crippen molar-refractivity contribution < 1.29 is 19.0 Å². The largest absolute Gasteiger partial charge is 0.491 e. The smallest absolute Gasteiger partial charge is 0.220 e. The molecule has 1 amide bonds. The van der Waals surface area contributed by atoms with Gasteiger partial charge in [-0.3, -0.25) is 4.79 Å². The van der Waals surface area contributed by atoms with E-state index in [1.54, 1.807) is 43.3 Å². The van der Waals surface area contributed by atoms with Gasteiger partial charge in [-0.05, 0) is 49.1 Å². The van der Waals surface area contributed by atoms with Crippen LogP contribution in [0.5, 0.6) is 5.75 Å². The van der Waals surface area contributed by atoms with Gasteiger partial charge in [0.25, 0.3) is 0 Å². The summed E-state index contributed by atoms with van der Waals surface area (Å²) in [4.78, 5) is 12.1. The van der Waals surface area contributed by atoms with E-state index in [0.29, 0.717) is 16.9 Å². The predicted octanol–water partition coefficient (Wildman–Crippen LogP) is 3.96. The van der Waals surface area contributed by atoms with Crippen molar-refractivity contribution in [1.82, 2.24) is 5.32 Å². The second-order valence-corrected chi connectivity index (χ2v) is 6.69. The minimum Gasteiger partial charge on any atom is -0.491 e. The molecule has 0 aliphatic rings. The summed E-state index contributed by atoms with van der Waals surface area (Å²) in [6.07, 6.45) is -0.634. The number of carbonyl (C=O) groups excluding carboxylic acids is 1. The first-order valence-electron chi connectivity index (χ1n) is 8.82. The van der Waals surface area contributed by atoms with Crippen LogP contribution < -0.4 is 10.1 Å². The summed E-state index contributed by atoms with van der Waals surface area (Å²) < 4.78 is 19.4. The van der Waals surface area contributed by atoms with Gasteiger partial charge in [0, 0.05) is 13.0 Å². The maximum Gasteiger partial charge on any atom is 0.220 e. The summed E-state index contributed by atoms with van der Waals surface area (Å²) in [5.41, 5.74) is 1.19. The molecule has 2 N–H and O–H groups in total. The molecule has 2 aromatic rings. The van der Waals surface area contributed by atoms with Gasteiger partial charge in [0.05, 0.1) is 12.2 Å². The molecule has 0 saturated carbocycles. The standard InChI is InChI=1S/C21H26FNO3/c1-14(2)26-17-8-6-7-16(12-17)20(24)13-23-21(25)11-15(3)18-9-4-5-10-19(18)22/h4-10,12,14-15,20,24H,11,13H2,1-3H3,(H,23,25). The number of hydrogen-bond donors (Lipinski definition) is 2. The number of amides is 1. The number of rotatable bonds is 8. The lowest BCUT2D eigenvalue weighted by Gasteiger charge is -2.16. The highest BCUT2D eigenvalue weighted by molar-refractivity contribution is 5.76. The van der Waals surface area contributed by atoms with E-state index < -0.39 is 6.10 Å². The van der Waals surface area contributed by atoms with Crippen molar-refractivity contribution >= 4 is 5.91 Å². The Morgan fingerprint density at radius 3 is 2.58 bits per heavy atom. The van der Waals surface area contributed by atoms with Crippen LogP contribution in [0.1, 0.15) is 50.3 Å². The Morgan fingerprint density at radius 1 is 1.15 bits per heavy atom. The highest BCUT2D eigenvalue weighted by Gasteiger charge is 2.16. The summed E-state index contributed by atoms with van der Waals surface area (Å²) >= 11 is 0. The quantitative estimate of drug-likeness (QED) is 0.750. The SMILES string of the molecule is CC(C)Oc1cccc(C(O)CNC(=O)CC(C)c2ccccc2F)c1. The second-order valence-electron chi connectivity index (χ2n) is 6.69. The average molecular weight is 359 g/mol. The lowest BCUT2D eigenvalue weighted by molar-refractivity contribution is -0.121. The fourth-order valence-corrected chi connectivity index (χ4v) is 2.73. The van der Waals surface area contributed by atoms with E-state index in [4.69, 9.17) is 4.74 Å². The Bertz CT molecular complexity index is 733. The summed E-state index contributed by atoms with van der Waals surface area (Å²) in [7, 11) is 0. The fourth-order valence-electron chi connectivity index (χ4n) is 2.73. The van der Waals surface area contributed by atoms with Gasteiger partial charge in [-0.15, -0.1) is 0 Å². The minimum atomic E-state index is -0.835. The van der Waals surface area contributed by atoms with Crippen LogP contribution in [0.4, 0.5) is 4.39 Å². The van der Waals surface area contributed by atoms with E-state index in [2.05, 4.69) is 5.32 Å². The zero-order valence-electron chi connectivity index (χ0n) is 15.4. The zero-order chi connectivity index (χ0) is 19.1. The Morgan fingerprint density at radius 2 is 1.88 bits per heavy atom. The van der Waals surface area contributed by atoms with Crippen LogP contribution in [0.15, 0.2) is 48.5 Å². The van der Waals surface area contributed by atoms with Crippen LogP contribution in [-0.2, 0) is 4.79 Å². The molecule has 0 aliphatic heterocycles. The summed E-state index contributed by atoms with van der Waals surface area (Å²) in [5.74, 6) is -0.101. The van der Waals surface area contributed by atoms with Crippen LogP contribution in [-0.4, -0.2) is 23.7 Å². The highest BCUT2D eigenvalue weighted by atomic mass is 19.1. The van der Waals surface area contributed by atoms with Gasteiger partial charge in [-0.2, -0.15) is 0 Å². The van der Waals surface area contributed by atoms with Crippen LogP contribution >= 0.6 is 0 Å².